The second-order valence-corrected chi connectivity index (χ2v) is 15.1. The number of allylic oxidation sites excluding steroid dienone is 1. The van der Waals surface area contributed by atoms with Gasteiger partial charge in [0.2, 0.25) is 17.7 Å². The van der Waals surface area contributed by atoms with Crippen molar-refractivity contribution in [3.8, 4) is 0 Å². The van der Waals surface area contributed by atoms with E-state index in [4.69, 9.17) is 9.47 Å². The monoisotopic (exact) mass is 635 g/mol. The van der Waals surface area contributed by atoms with Crippen LogP contribution in [0.3, 0.4) is 0 Å². The van der Waals surface area contributed by atoms with Crippen molar-refractivity contribution < 1.29 is 33.8 Å². The number of nitrogens with one attached hydrogen (secondary N) is 1. The summed E-state index contributed by atoms with van der Waals surface area (Å²) in [5.41, 5.74) is -1.41. The minimum Gasteiger partial charge on any atom is -0.455 e. The topological polar surface area (TPSA) is 125 Å². The van der Waals surface area contributed by atoms with E-state index >= 15 is 0 Å². The number of esters is 1. The zero-order valence-corrected chi connectivity index (χ0v) is 28.1. The molecule has 10 heteroatoms. The van der Waals surface area contributed by atoms with Gasteiger partial charge in [-0.3, -0.25) is 19.2 Å². The van der Waals surface area contributed by atoms with E-state index in [-0.39, 0.29) is 30.3 Å². The number of carbonyl (C=O) groups excluding carboxylic acids is 4. The molecular formula is C36H49N3O7. The van der Waals surface area contributed by atoms with E-state index in [1.807, 2.05) is 50.3 Å². The third-order valence-electron chi connectivity index (χ3n) is 9.71. The van der Waals surface area contributed by atoms with Gasteiger partial charge in [0, 0.05) is 18.5 Å². The molecular weight excluding hydrogens is 586 g/mol. The van der Waals surface area contributed by atoms with Crippen LogP contribution in [0.1, 0.15) is 79.4 Å². The third kappa shape index (κ3) is 6.13. The fourth-order valence-electron chi connectivity index (χ4n) is 8.14. The highest BCUT2D eigenvalue weighted by Gasteiger charge is 2.72. The molecule has 0 aliphatic carbocycles. The fraction of sp³-hybridized carbons (Fsp3) is 0.611. The maximum Gasteiger partial charge on any atom is 0.313 e. The number of hydrogen-bond acceptors (Lipinski definition) is 7. The van der Waals surface area contributed by atoms with Gasteiger partial charge in [-0.05, 0) is 51.5 Å². The summed E-state index contributed by atoms with van der Waals surface area (Å²) < 4.78 is 13.0. The molecule has 8 atom stereocenters. The van der Waals surface area contributed by atoms with Crippen LogP contribution < -0.4 is 5.32 Å². The Bertz CT molecular complexity index is 1400. The number of cyclic esters (lactones) is 1. The normalized spacial score (nSPS) is 33.6. The highest BCUT2D eigenvalue weighted by Crippen LogP contribution is 2.54. The van der Waals surface area contributed by atoms with Gasteiger partial charge < -0.3 is 29.7 Å². The zero-order valence-electron chi connectivity index (χ0n) is 28.1. The van der Waals surface area contributed by atoms with Gasteiger partial charge in [0.05, 0.1) is 30.7 Å². The maximum absolute atomic E-state index is 14.8. The van der Waals surface area contributed by atoms with Crippen molar-refractivity contribution in [1.82, 2.24) is 15.1 Å². The number of aliphatic hydroxyl groups excluding tert-OH is 1. The SMILES string of the molecule is C[C@H](CO)N1C(=O)[C@@H]2[C@H]3C(=O)O[C@H](c4ccccc4)[C@@H](C)NC(=O)CC/C=C\[C@H]3O[C@@]23C=CCN(C(C)(C)CC(C)(C)C)C(=O)[C@@H]13. The number of amides is 3. The first-order chi connectivity index (χ1) is 21.6. The van der Waals surface area contributed by atoms with Gasteiger partial charge in [0.1, 0.15) is 23.7 Å². The summed E-state index contributed by atoms with van der Waals surface area (Å²) in [6.45, 7) is 13.9. The van der Waals surface area contributed by atoms with E-state index in [0.29, 0.717) is 24.9 Å². The maximum atomic E-state index is 14.8. The Morgan fingerprint density at radius 2 is 1.74 bits per heavy atom. The van der Waals surface area contributed by atoms with Crippen LogP contribution in [-0.2, 0) is 28.7 Å². The van der Waals surface area contributed by atoms with Crippen molar-refractivity contribution in [3.63, 3.8) is 0 Å². The van der Waals surface area contributed by atoms with Crippen LogP contribution in [0.2, 0.25) is 0 Å². The van der Waals surface area contributed by atoms with Gasteiger partial charge in [0.15, 0.2) is 0 Å². The van der Waals surface area contributed by atoms with E-state index in [2.05, 4.69) is 26.1 Å². The summed E-state index contributed by atoms with van der Waals surface area (Å²) in [5, 5.41) is 13.2. The lowest BCUT2D eigenvalue weighted by molar-refractivity contribution is -0.162. The first-order valence-corrected chi connectivity index (χ1v) is 16.4. The van der Waals surface area contributed by atoms with Gasteiger partial charge in [0.25, 0.3) is 0 Å². The van der Waals surface area contributed by atoms with Gasteiger partial charge in [-0.25, -0.2) is 0 Å². The second-order valence-electron chi connectivity index (χ2n) is 15.1. The Balaban J connectivity index is 1.61. The van der Waals surface area contributed by atoms with Gasteiger partial charge in [-0.1, -0.05) is 75.4 Å². The van der Waals surface area contributed by atoms with Gasteiger partial charge in [-0.2, -0.15) is 0 Å². The molecule has 0 aromatic heterocycles. The molecule has 10 nitrogen and oxygen atoms in total. The van der Waals surface area contributed by atoms with Crippen molar-refractivity contribution in [1.29, 1.82) is 0 Å². The van der Waals surface area contributed by atoms with Crippen LogP contribution in [0.4, 0.5) is 0 Å². The molecule has 5 rings (SSSR count). The van der Waals surface area contributed by atoms with Crippen LogP contribution in [0.15, 0.2) is 54.6 Å². The van der Waals surface area contributed by atoms with E-state index < -0.39 is 65.2 Å². The number of benzene rings is 1. The lowest BCUT2D eigenvalue weighted by Gasteiger charge is -2.45. The molecule has 1 aromatic rings. The van der Waals surface area contributed by atoms with Crippen molar-refractivity contribution >= 4 is 23.7 Å². The molecule has 0 unspecified atom stereocenters. The molecule has 4 aliphatic heterocycles. The highest BCUT2D eigenvalue weighted by molar-refractivity contribution is 5.99. The lowest BCUT2D eigenvalue weighted by Crippen LogP contribution is -2.61. The molecule has 4 aliphatic rings. The van der Waals surface area contributed by atoms with Crippen LogP contribution in [0.5, 0.6) is 0 Å². The second kappa shape index (κ2) is 12.6. The molecule has 2 N–H and O–H groups in total. The summed E-state index contributed by atoms with van der Waals surface area (Å²) in [6, 6.07) is 6.85. The average molecular weight is 636 g/mol. The molecule has 3 amide bonds. The Kier molecular flexibility index (Phi) is 9.27. The zero-order chi connectivity index (χ0) is 33.6. The minimum atomic E-state index is -1.47. The first-order valence-electron chi connectivity index (χ1n) is 16.4. The van der Waals surface area contributed by atoms with Crippen molar-refractivity contribution in [2.75, 3.05) is 13.2 Å². The molecule has 1 aromatic carbocycles. The predicted octanol–water partition coefficient (Wildman–Crippen LogP) is 3.70. The Morgan fingerprint density at radius 1 is 1.04 bits per heavy atom. The van der Waals surface area contributed by atoms with E-state index in [1.54, 1.807) is 37.0 Å². The van der Waals surface area contributed by atoms with Crippen LogP contribution in [-0.4, -0.2) is 87.1 Å². The number of rotatable bonds is 5. The Morgan fingerprint density at radius 3 is 2.39 bits per heavy atom. The van der Waals surface area contributed by atoms with Crippen molar-refractivity contribution in [3.05, 3.63) is 60.2 Å². The van der Waals surface area contributed by atoms with Gasteiger partial charge in [-0.15, -0.1) is 0 Å². The molecule has 4 heterocycles. The highest BCUT2D eigenvalue weighted by atomic mass is 16.6. The van der Waals surface area contributed by atoms with E-state index in [1.165, 1.54) is 4.90 Å². The molecule has 46 heavy (non-hydrogen) atoms. The number of hydrogen-bond donors (Lipinski definition) is 2. The lowest BCUT2D eigenvalue weighted by atomic mass is 9.77. The van der Waals surface area contributed by atoms with Crippen molar-refractivity contribution in [2.24, 2.45) is 17.3 Å². The molecule has 1 spiro atoms. The predicted molar refractivity (Wildman–Crippen MR) is 172 cm³/mol. The minimum absolute atomic E-state index is 0.0788. The number of likely N-dealkylation sites (tertiary alicyclic amines) is 1. The van der Waals surface area contributed by atoms with E-state index in [0.717, 1.165) is 0 Å². The average Bonchev–Trinajstić information content (AvgIpc) is 3.36. The van der Waals surface area contributed by atoms with Crippen molar-refractivity contribution in [2.45, 2.75) is 109 Å². The number of nitrogens with zero attached hydrogens (tertiary/aromatic N) is 2. The Hall–Kier alpha value is -3.50. The van der Waals surface area contributed by atoms with Crippen LogP contribution >= 0.6 is 0 Å². The Labute approximate surface area is 272 Å². The smallest absolute Gasteiger partial charge is 0.313 e. The number of aliphatic hydroxyl groups is 1. The molecule has 0 radical (unpaired) electrons. The molecule has 0 bridgehead atoms. The fourth-order valence-corrected chi connectivity index (χ4v) is 8.14. The molecule has 2 saturated heterocycles. The quantitative estimate of drug-likeness (QED) is 0.374. The van der Waals surface area contributed by atoms with Crippen LogP contribution in [0.25, 0.3) is 0 Å². The number of carbonyl (C=O) groups is 4. The summed E-state index contributed by atoms with van der Waals surface area (Å²) >= 11 is 0. The summed E-state index contributed by atoms with van der Waals surface area (Å²) in [6.07, 6.45) is 6.82. The molecule has 250 valence electrons. The number of fused-ring (bicyclic) bond motifs is 2. The number of ether oxygens (including phenoxy) is 2. The molecule has 0 saturated carbocycles. The van der Waals surface area contributed by atoms with Crippen LogP contribution in [0, 0.1) is 17.3 Å². The summed E-state index contributed by atoms with van der Waals surface area (Å²) in [4.78, 5) is 59.7. The largest absolute Gasteiger partial charge is 0.455 e. The van der Waals surface area contributed by atoms with E-state index in [9.17, 15) is 24.3 Å². The standard InChI is InChI=1S/C36H49N3O7/c1-22(20-40)39-30-32(43)38(35(6,7)21-34(3,4)5)19-13-18-36(30)28(31(39)42)27-25(46-36)16-11-12-17-26(41)37-23(2)29(45-33(27)44)24-14-9-8-10-15-24/h8-11,13-16,18,22-23,25,27-30,40H,12,17,19-21H2,1-7H3,(H,37,41)/b16-11-/t22-,23-,25-,27+,28+,29+,30-,36+/m1/s1. The van der Waals surface area contributed by atoms with Gasteiger partial charge >= 0.3 is 5.97 Å². The summed E-state index contributed by atoms with van der Waals surface area (Å²) in [7, 11) is 0. The third-order valence-corrected chi connectivity index (χ3v) is 9.71. The summed E-state index contributed by atoms with van der Waals surface area (Å²) in [5.74, 6) is -3.66. The molecule has 2 fully saturated rings. The first kappa shape index (κ1) is 33.9.